The summed E-state index contributed by atoms with van der Waals surface area (Å²) in [6.07, 6.45) is 0.0535. The Morgan fingerprint density at radius 1 is 1.62 bits per heavy atom. The molecule has 0 saturated heterocycles. The van der Waals surface area contributed by atoms with E-state index in [0.29, 0.717) is 11.0 Å². The van der Waals surface area contributed by atoms with Crippen LogP contribution >= 0.6 is 11.6 Å². The summed E-state index contributed by atoms with van der Waals surface area (Å²) in [5.41, 5.74) is 0.735. The predicted octanol–water partition coefficient (Wildman–Crippen LogP) is 1.15. The predicted molar refractivity (Wildman–Crippen MR) is 47.5 cm³/mol. The number of nitrogens with zero attached hydrogens (tertiary/aromatic N) is 2. The Bertz CT molecular complexity index is 308. The van der Waals surface area contributed by atoms with E-state index < -0.39 is 0 Å². The van der Waals surface area contributed by atoms with Crippen LogP contribution in [-0.4, -0.2) is 23.0 Å². The van der Waals surface area contributed by atoms with Crippen LogP contribution in [0, 0.1) is 6.92 Å². The van der Waals surface area contributed by atoms with Gasteiger partial charge in [-0.2, -0.15) is 0 Å². The molecule has 13 heavy (non-hydrogen) atoms. The maximum Gasteiger partial charge on any atom is 0.313 e. The molecule has 0 aliphatic rings. The van der Waals surface area contributed by atoms with Gasteiger partial charge in [0.25, 0.3) is 0 Å². The highest BCUT2D eigenvalue weighted by Gasteiger charge is 2.06. The lowest BCUT2D eigenvalue weighted by Crippen LogP contribution is -2.08. The van der Waals surface area contributed by atoms with Crippen LogP contribution in [0.3, 0.4) is 0 Å². The molecule has 1 aromatic heterocycles. The number of carbonyl (C=O) groups is 1. The minimum absolute atomic E-state index is 0.0535. The fourth-order valence-electron chi connectivity index (χ4n) is 0.869. The van der Waals surface area contributed by atoms with Gasteiger partial charge in [-0.05, 0) is 13.0 Å². The minimum atomic E-state index is -0.373. The summed E-state index contributed by atoms with van der Waals surface area (Å²) in [4.78, 5) is 18.8. The van der Waals surface area contributed by atoms with Crippen LogP contribution in [0.1, 0.15) is 11.5 Å². The van der Waals surface area contributed by atoms with Crippen LogP contribution in [-0.2, 0) is 16.0 Å². The van der Waals surface area contributed by atoms with Gasteiger partial charge in [0.15, 0.2) is 0 Å². The lowest BCUT2D eigenvalue weighted by Gasteiger charge is -2.00. The quantitative estimate of drug-likeness (QED) is 0.531. The Balaban J connectivity index is 2.83. The van der Waals surface area contributed by atoms with Crippen molar-refractivity contribution in [3.8, 4) is 0 Å². The number of aromatic nitrogens is 2. The normalized spacial score (nSPS) is 9.77. The highest BCUT2D eigenvalue weighted by atomic mass is 35.5. The van der Waals surface area contributed by atoms with E-state index in [2.05, 4.69) is 14.7 Å². The first-order valence-corrected chi connectivity index (χ1v) is 4.06. The van der Waals surface area contributed by atoms with Gasteiger partial charge in [-0.1, -0.05) is 11.6 Å². The number of hydrogen-bond donors (Lipinski definition) is 0. The molecule has 0 amide bonds. The van der Waals surface area contributed by atoms with Crippen molar-refractivity contribution in [1.29, 1.82) is 0 Å². The fourth-order valence-corrected chi connectivity index (χ4v) is 1.12. The van der Waals surface area contributed by atoms with Crippen molar-refractivity contribution in [1.82, 2.24) is 9.97 Å². The molecule has 0 aliphatic heterocycles. The maximum absolute atomic E-state index is 10.9. The number of hydrogen-bond acceptors (Lipinski definition) is 4. The number of esters is 1. The number of carbonyl (C=O) groups excluding carboxylic acids is 1. The van der Waals surface area contributed by atoms with E-state index in [1.165, 1.54) is 7.11 Å². The fraction of sp³-hybridized carbons (Fsp3) is 0.375. The third kappa shape index (κ3) is 2.99. The zero-order valence-corrected chi connectivity index (χ0v) is 8.13. The van der Waals surface area contributed by atoms with Crippen molar-refractivity contribution in [3.05, 3.63) is 22.7 Å². The summed E-state index contributed by atoms with van der Waals surface area (Å²) in [7, 11) is 1.32. The van der Waals surface area contributed by atoms with E-state index >= 15 is 0 Å². The zero-order valence-electron chi connectivity index (χ0n) is 7.37. The molecule has 0 saturated carbocycles. The second-order valence-corrected chi connectivity index (χ2v) is 2.89. The van der Waals surface area contributed by atoms with Crippen molar-refractivity contribution in [2.75, 3.05) is 7.11 Å². The average Bonchev–Trinajstić information content (AvgIpc) is 2.02. The Hall–Kier alpha value is -1.16. The van der Waals surface area contributed by atoms with E-state index in [1.54, 1.807) is 13.0 Å². The molecular formula is C8H9ClN2O2. The minimum Gasteiger partial charge on any atom is -0.469 e. The van der Waals surface area contributed by atoms with Crippen molar-refractivity contribution >= 4 is 17.6 Å². The highest BCUT2D eigenvalue weighted by molar-refractivity contribution is 6.29. The van der Waals surface area contributed by atoms with Gasteiger partial charge < -0.3 is 4.74 Å². The van der Waals surface area contributed by atoms with E-state index in [1.807, 2.05) is 0 Å². The molecule has 70 valence electrons. The highest BCUT2D eigenvalue weighted by Crippen LogP contribution is 2.06. The van der Waals surface area contributed by atoms with Gasteiger partial charge in [0.2, 0.25) is 0 Å². The van der Waals surface area contributed by atoms with Crippen LogP contribution < -0.4 is 0 Å². The van der Waals surface area contributed by atoms with E-state index in [-0.39, 0.29) is 12.4 Å². The summed E-state index contributed by atoms with van der Waals surface area (Å²) < 4.78 is 4.47. The van der Waals surface area contributed by atoms with Gasteiger partial charge in [-0.3, -0.25) is 4.79 Å². The zero-order chi connectivity index (χ0) is 9.84. The van der Waals surface area contributed by atoms with Gasteiger partial charge in [-0.15, -0.1) is 0 Å². The topological polar surface area (TPSA) is 52.1 Å². The van der Waals surface area contributed by atoms with Crippen molar-refractivity contribution < 1.29 is 9.53 Å². The molecule has 0 aliphatic carbocycles. The van der Waals surface area contributed by atoms with Gasteiger partial charge >= 0.3 is 5.97 Å². The number of ether oxygens (including phenoxy) is 1. The molecule has 0 fully saturated rings. The van der Waals surface area contributed by atoms with Crippen molar-refractivity contribution in [2.24, 2.45) is 0 Å². The maximum atomic E-state index is 10.9. The molecule has 1 heterocycles. The number of halogens is 1. The largest absolute Gasteiger partial charge is 0.469 e. The molecule has 0 atom stereocenters. The molecule has 1 aromatic rings. The van der Waals surface area contributed by atoms with Crippen molar-refractivity contribution in [2.45, 2.75) is 13.3 Å². The second-order valence-electron chi connectivity index (χ2n) is 2.50. The first kappa shape index (κ1) is 9.92. The molecular weight excluding hydrogens is 192 g/mol. The van der Waals surface area contributed by atoms with Gasteiger partial charge in [-0.25, -0.2) is 9.97 Å². The molecule has 1 rings (SSSR count). The Morgan fingerprint density at radius 2 is 2.31 bits per heavy atom. The molecule has 4 nitrogen and oxygen atoms in total. The summed E-state index contributed by atoms with van der Waals surface area (Å²) in [5.74, 6) is 0.0125. The van der Waals surface area contributed by atoms with E-state index in [9.17, 15) is 4.79 Å². The summed E-state index contributed by atoms with van der Waals surface area (Å²) in [5, 5.41) is 0.339. The molecule has 0 unspecified atom stereocenters. The van der Waals surface area contributed by atoms with Gasteiger partial charge in [0, 0.05) is 5.69 Å². The monoisotopic (exact) mass is 200 g/mol. The molecule has 0 N–H and O–H groups in total. The number of rotatable bonds is 2. The molecule has 0 aromatic carbocycles. The van der Waals surface area contributed by atoms with Crippen LogP contribution in [0.25, 0.3) is 0 Å². The number of aryl methyl sites for hydroxylation is 1. The van der Waals surface area contributed by atoms with Crippen LogP contribution in [0.5, 0.6) is 0 Å². The smallest absolute Gasteiger partial charge is 0.313 e. The molecule has 0 spiro atoms. The summed E-state index contributed by atoms with van der Waals surface area (Å²) in [6, 6.07) is 1.63. The Kier molecular flexibility index (Phi) is 3.19. The lowest BCUT2D eigenvalue weighted by molar-refractivity contribution is -0.139. The van der Waals surface area contributed by atoms with Gasteiger partial charge in [0.05, 0.1) is 7.11 Å². The van der Waals surface area contributed by atoms with E-state index in [4.69, 9.17) is 11.6 Å². The Labute approximate surface area is 80.9 Å². The van der Waals surface area contributed by atoms with Crippen LogP contribution in [0.4, 0.5) is 0 Å². The molecule has 0 radical (unpaired) electrons. The molecule has 0 bridgehead atoms. The standard InChI is InChI=1S/C8H9ClN2O2/c1-5-3-6(9)11-7(10-5)4-8(12)13-2/h3H,4H2,1-2H3. The summed E-state index contributed by atoms with van der Waals surface area (Å²) in [6.45, 7) is 1.79. The average molecular weight is 201 g/mol. The Morgan fingerprint density at radius 3 is 2.85 bits per heavy atom. The van der Waals surface area contributed by atoms with Gasteiger partial charge in [0.1, 0.15) is 17.4 Å². The lowest BCUT2D eigenvalue weighted by atomic mass is 10.3. The summed E-state index contributed by atoms with van der Waals surface area (Å²) >= 11 is 5.67. The molecule has 5 heteroatoms. The second kappa shape index (κ2) is 4.18. The first-order chi connectivity index (χ1) is 6.11. The van der Waals surface area contributed by atoms with Crippen molar-refractivity contribution in [3.63, 3.8) is 0 Å². The first-order valence-electron chi connectivity index (χ1n) is 3.68. The van der Waals surface area contributed by atoms with Crippen LogP contribution in [0.2, 0.25) is 5.15 Å². The van der Waals surface area contributed by atoms with E-state index in [0.717, 1.165) is 5.69 Å². The van der Waals surface area contributed by atoms with Crippen LogP contribution in [0.15, 0.2) is 6.07 Å². The third-order valence-electron chi connectivity index (χ3n) is 1.40. The number of methoxy groups -OCH3 is 1. The third-order valence-corrected chi connectivity index (χ3v) is 1.59. The SMILES string of the molecule is COC(=O)Cc1nc(C)cc(Cl)n1.